The number of thiazole rings is 1. The molecular formula is C16H20N4OS. The number of nitrogens with one attached hydrogen (secondary N) is 2. The standard InChI is InChI=1S/C16H20N4OS/c1-11(13-3-2-6-18-9-13)15(21)20-16-19-10-14(22-16)12-4-7-17-8-5-12/h2-3,6,9-12,17H,4-5,7-8H2,1H3,(H,19,20,21). The highest BCUT2D eigenvalue weighted by molar-refractivity contribution is 7.15. The van der Waals surface area contributed by atoms with Gasteiger partial charge in [0.05, 0.1) is 5.92 Å². The summed E-state index contributed by atoms with van der Waals surface area (Å²) in [6.07, 6.45) is 7.63. The van der Waals surface area contributed by atoms with Crippen LogP contribution < -0.4 is 10.6 Å². The normalized spacial score (nSPS) is 17.1. The minimum atomic E-state index is -0.236. The van der Waals surface area contributed by atoms with Gasteiger partial charge < -0.3 is 10.6 Å². The van der Waals surface area contributed by atoms with Gasteiger partial charge in [-0.05, 0) is 50.4 Å². The Morgan fingerprint density at radius 3 is 2.95 bits per heavy atom. The molecule has 1 atom stereocenters. The lowest BCUT2D eigenvalue weighted by atomic mass is 9.97. The molecule has 5 nitrogen and oxygen atoms in total. The van der Waals surface area contributed by atoms with Crippen LogP contribution in [0.15, 0.2) is 30.7 Å². The van der Waals surface area contributed by atoms with Gasteiger partial charge in [0.2, 0.25) is 5.91 Å². The maximum Gasteiger partial charge on any atom is 0.233 e. The molecule has 2 N–H and O–H groups in total. The van der Waals surface area contributed by atoms with Gasteiger partial charge in [0.1, 0.15) is 0 Å². The van der Waals surface area contributed by atoms with Crippen LogP contribution in [0.3, 0.4) is 0 Å². The van der Waals surface area contributed by atoms with Crippen LogP contribution >= 0.6 is 11.3 Å². The van der Waals surface area contributed by atoms with Gasteiger partial charge in [-0.25, -0.2) is 4.98 Å². The summed E-state index contributed by atoms with van der Waals surface area (Å²) in [5.41, 5.74) is 0.912. The van der Waals surface area contributed by atoms with Crippen molar-refractivity contribution >= 4 is 22.4 Å². The summed E-state index contributed by atoms with van der Waals surface area (Å²) in [4.78, 5) is 22.0. The molecule has 1 aliphatic heterocycles. The van der Waals surface area contributed by atoms with Crippen LogP contribution in [0, 0.1) is 0 Å². The molecule has 1 aliphatic rings. The smallest absolute Gasteiger partial charge is 0.233 e. The molecule has 1 saturated heterocycles. The van der Waals surface area contributed by atoms with E-state index in [1.807, 2.05) is 25.3 Å². The Bertz CT molecular complexity index is 622. The van der Waals surface area contributed by atoms with E-state index >= 15 is 0 Å². The second-order valence-corrected chi connectivity index (χ2v) is 6.65. The summed E-state index contributed by atoms with van der Waals surface area (Å²) in [5.74, 6) is 0.291. The second-order valence-electron chi connectivity index (χ2n) is 5.59. The minimum Gasteiger partial charge on any atom is -0.317 e. The molecule has 1 fully saturated rings. The van der Waals surface area contributed by atoms with E-state index in [-0.39, 0.29) is 11.8 Å². The molecule has 1 amide bonds. The first-order valence-electron chi connectivity index (χ1n) is 7.61. The second kappa shape index (κ2) is 6.98. The molecule has 0 radical (unpaired) electrons. The van der Waals surface area contributed by atoms with Gasteiger partial charge in [-0.15, -0.1) is 11.3 Å². The van der Waals surface area contributed by atoms with Crippen molar-refractivity contribution in [3.63, 3.8) is 0 Å². The Morgan fingerprint density at radius 2 is 2.23 bits per heavy atom. The molecule has 0 saturated carbocycles. The number of pyridine rings is 1. The molecule has 0 bridgehead atoms. The molecule has 2 aromatic heterocycles. The lowest BCUT2D eigenvalue weighted by Crippen LogP contribution is -2.26. The summed E-state index contributed by atoms with van der Waals surface area (Å²) in [6.45, 7) is 4.00. The van der Waals surface area contributed by atoms with E-state index in [4.69, 9.17) is 0 Å². The molecule has 116 valence electrons. The van der Waals surface area contributed by atoms with Crippen molar-refractivity contribution in [3.8, 4) is 0 Å². The van der Waals surface area contributed by atoms with Crippen LogP contribution in [0.5, 0.6) is 0 Å². The topological polar surface area (TPSA) is 66.9 Å². The first-order chi connectivity index (χ1) is 10.7. The third-order valence-corrected chi connectivity index (χ3v) is 5.15. The molecule has 0 spiro atoms. The number of piperidine rings is 1. The van der Waals surface area contributed by atoms with Gasteiger partial charge >= 0.3 is 0 Å². The van der Waals surface area contributed by atoms with E-state index in [9.17, 15) is 4.79 Å². The van der Waals surface area contributed by atoms with Crippen LogP contribution in [0.4, 0.5) is 5.13 Å². The van der Waals surface area contributed by atoms with Crippen molar-refractivity contribution in [2.75, 3.05) is 18.4 Å². The predicted molar refractivity (Wildman–Crippen MR) is 88.2 cm³/mol. The first kappa shape index (κ1) is 15.1. The maximum atomic E-state index is 12.3. The Balaban J connectivity index is 1.63. The van der Waals surface area contributed by atoms with Crippen molar-refractivity contribution < 1.29 is 4.79 Å². The van der Waals surface area contributed by atoms with Crippen LogP contribution in [0.2, 0.25) is 0 Å². The van der Waals surface area contributed by atoms with E-state index < -0.39 is 0 Å². The van der Waals surface area contributed by atoms with Crippen LogP contribution in [-0.2, 0) is 4.79 Å². The molecule has 0 aliphatic carbocycles. The van der Waals surface area contributed by atoms with E-state index in [1.165, 1.54) is 4.88 Å². The van der Waals surface area contributed by atoms with Crippen LogP contribution in [0.1, 0.15) is 42.0 Å². The number of rotatable bonds is 4. The molecule has 1 unspecified atom stereocenters. The third kappa shape index (κ3) is 3.51. The van der Waals surface area contributed by atoms with Crippen LogP contribution in [-0.4, -0.2) is 29.0 Å². The van der Waals surface area contributed by atoms with Crippen molar-refractivity contribution in [1.29, 1.82) is 0 Å². The van der Waals surface area contributed by atoms with E-state index in [1.54, 1.807) is 23.7 Å². The van der Waals surface area contributed by atoms with Gasteiger partial charge in [-0.1, -0.05) is 6.07 Å². The summed E-state index contributed by atoms with van der Waals surface area (Å²) in [6, 6.07) is 3.76. The summed E-state index contributed by atoms with van der Waals surface area (Å²) < 4.78 is 0. The van der Waals surface area contributed by atoms with E-state index in [0.717, 1.165) is 31.5 Å². The Hall–Kier alpha value is -1.79. The zero-order valence-corrected chi connectivity index (χ0v) is 13.4. The highest BCUT2D eigenvalue weighted by Gasteiger charge is 2.20. The average molecular weight is 316 g/mol. The minimum absolute atomic E-state index is 0.0424. The number of carbonyl (C=O) groups is 1. The third-order valence-electron chi connectivity index (χ3n) is 4.07. The highest BCUT2D eigenvalue weighted by atomic mass is 32.1. The average Bonchev–Trinajstić information content (AvgIpc) is 3.04. The van der Waals surface area contributed by atoms with Gasteiger partial charge in [-0.3, -0.25) is 9.78 Å². The number of carbonyl (C=O) groups excluding carboxylic acids is 1. The first-order valence-corrected chi connectivity index (χ1v) is 8.43. The number of hydrogen-bond acceptors (Lipinski definition) is 5. The zero-order valence-electron chi connectivity index (χ0n) is 12.6. The SMILES string of the molecule is CC(C(=O)Nc1ncc(C2CCNCC2)s1)c1cccnc1. The summed E-state index contributed by atoms with van der Waals surface area (Å²) in [7, 11) is 0. The lowest BCUT2D eigenvalue weighted by Gasteiger charge is -2.20. The molecule has 2 aromatic rings. The van der Waals surface area contributed by atoms with E-state index in [0.29, 0.717) is 11.0 Å². The van der Waals surface area contributed by atoms with Gasteiger partial charge in [0.25, 0.3) is 0 Å². The monoisotopic (exact) mass is 316 g/mol. The fourth-order valence-electron chi connectivity index (χ4n) is 2.64. The zero-order chi connectivity index (χ0) is 15.4. The lowest BCUT2D eigenvalue weighted by molar-refractivity contribution is -0.117. The Labute approximate surface area is 134 Å². The Kier molecular flexibility index (Phi) is 4.80. The van der Waals surface area contributed by atoms with Crippen molar-refractivity contribution in [2.45, 2.75) is 31.6 Å². The molecule has 6 heteroatoms. The molecule has 3 rings (SSSR count). The fraction of sp³-hybridized carbons (Fsp3) is 0.438. The number of nitrogens with zero attached hydrogens (tertiary/aromatic N) is 2. The van der Waals surface area contributed by atoms with Crippen molar-refractivity contribution in [3.05, 3.63) is 41.2 Å². The highest BCUT2D eigenvalue weighted by Crippen LogP contribution is 2.32. The summed E-state index contributed by atoms with van der Waals surface area (Å²) >= 11 is 1.59. The molecule has 22 heavy (non-hydrogen) atoms. The number of hydrogen-bond donors (Lipinski definition) is 2. The van der Waals surface area contributed by atoms with Crippen LogP contribution in [0.25, 0.3) is 0 Å². The fourth-order valence-corrected chi connectivity index (χ4v) is 3.62. The number of anilines is 1. The van der Waals surface area contributed by atoms with Gasteiger partial charge in [-0.2, -0.15) is 0 Å². The number of amides is 1. The Morgan fingerprint density at radius 1 is 1.41 bits per heavy atom. The van der Waals surface area contributed by atoms with Crippen molar-refractivity contribution in [2.24, 2.45) is 0 Å². The van der Waals surface area contributed by atoms with Crippen molar-refractivity contribution in [1.82, 2.24) is 15.3 Å². The van der Waals surface area contributed by atoms with E-state index in [2.05, 4.69) is 20.6 Å². The molecule has 3 heterocycles. The quantitative estimate of drug-likeness (QED) is 0.910. The van der Waals surface area contributed by atoms with Gasteiger partial charge in [0, 0.05) is 23.5 Å². The predicted octanol–water partition coefficient (Wildman–Crippen LogP) is 2.75. The number of aromatic nitrogens is 2. The molecular weight excluding hydrogens is 296 g/mol. The van der Waals surface area contributed by atoms with Gasteiger partial charge in [0.15, 0.2) is 5.13 Å². The molecule has 0 aromatic carbocycles. The largest absolute Gasteiger partial charge is 0.317 e. The maximum absolute atomic E-state index is 12.3. The summed E-state index contributed by atoms with van der Waals surface area (Å²) in [5, 5.41) is 6.98.